The molecule has 2 rings (SSSR count). The quantitative estimate of drug-likeness (QED) is 0.920. The third kappa shape index (κ3) is 3.21. The van der Waals surface area contributed by atoms with Gasteiger partial charge in [0, 0.05) is 19.0 Å². The molecular formula is C17H26N2O. The maximum absolute atomic E-state index is 12.4. The number of nitrogens with zero attached hydrogens (tertiary/aromatic N) is 1. The lowest BCUT2D eigenvalue weighted by Crippen LogP contribution is -2.42. The molecule has 3 nitrogen and oxygen atoms in total. The second kappa shape index (κ2) is 6.40. The SMILES string of the molecule is CCCN1C(=O)CCCC(N)C1c1cc(C)cc(C)c1. The first-order valence-electron chi connectivity index (χ1n) is 7.66. The van der Waals surface area contributed by atoms with E-state index in [9.17, 15) is 4.79 Å². The Morgan fingerprint density at radius 2 is 1.90 bits per heavy atom. The molecule has 1 heterocycles. The van der Waals surface area contributed by atoms with Crippen molar-refractivity contribution in [3.8, 4) is 0 Å². The first-order chi connectivity index (χ1) is 9.52. The standard InChI is InChI=1S/C17H26N2O/c1-4-8-19-16(20)7-5-6-15(18)17(19)14-10-12(2)9-13(3)11-14/h9-11,15,17H,4-8,18H2,1-3H3. The monoisotopic (exact) mass is 274 g/mol. The zero-order valence-electron chi connectivity index (χ0n) is 12.9. The van der Waals surface area contributed by atoms with Gasteiger partial charge in [0.2, 0.25) is 5.91 Å². The fourth-order valence-corrected chi connectivity index (χ4v) is 3.29. The molecule has 110 valence electrons. The molecule has 20 heavy (non-hydrogen) atoms. The van der Waals surface area contributed by atoms with Crippen molar-refractivity contribution in [2.24, 2.45) is 5.73 Å². The molecule has 0 saturated carbocycles. The van der Waals surface area contributed by atoms with E-state index >= 15 is 0 Å². The van der Waals surface area contributed by atoms with Crippen LogP contribution < -0.4 is 5.73 Å². The first kappa shape index (κ1) is 15.0. The van der Waals surface area contributed by atoms with Gasteiger partial charge in [0.25, 0.3) is 0 Å². The highest BCUT2D eigenvalue weighted by atomic mass is 16.2. The van der Waals surface area contributed by atoms with Crippen LogP contribution in [0, 0.1) is 13.8 Å². The fourth-order valence-electron chi connectivity index (χ4n) is 3.29. The van der Waals surface area contributed by atoms with Gasteiger partial charge in [-0.15, -0.1) is 0 Å². The minimum Gasteiger partial charge on any atom is -0.334 e. The first-order valence-corrected chi connectivity index (χ1v) is 7.66. The van der Waals surface area contributed by atoms with E-state index in [0.717, 1.165) is 25.8 Å². The number of carbonyl (C=O) groups is 1. The van der Waals surface area contributed by atoms with E-state index in [1.165, 1.54) is 16.7 Å². The third-order valence-electron chi connectivity index (χ3n) is 4.04. The zero-order valence-corrected chi connectivity index (χ0v) is 12.9. The summed E-state index contributed by atoms with van der Waals surface area (Å²) in [6, 6.07) is 6.59. The van der Waals surface area contributed by atoms with Gasteiger partial charge in [0.15, 0.2) is 0 Å². The van der Waals surface area contributed by atoms with E-state index < -0.39 is 0 Å². The normalized spacial score (nSPS) is 23.8. The molecule has 1 aliphatic rings. The number of amides is 1. The zero-order chi connectivity index (χ0) is 14.7. The summed E-state index contributed by atoms with van der Waals surface area (Å²) in [6.07, 6.45) is 3.43. The van der Waals surface area contributed by atoms with E-state index in [0.29, 0.717) is 6.42 Å². The Bertz CT molecular complexity index is 464. The summed E-state index contributed by atoms with van der Waals surface area (Å²) in [5.41, 5.74) is 10.1. The highest BCUT2D eigenvalue weighted by Crippen LogP contribution is 2.31. The maximum atomic E-state index is 12.4. The number of benzene rings is 1. The van der Waals surface area contributed by atoms with Crippen molar-refractivity contribution in [2.75, 3.05) is 6.54 Å². The van der Waals surface area contributed by atoms with Crippen LogP contribution in [0.5, 0.6) is 0 Å². The number of hydrogen-bond donors (Lipinski definition) is 1. The summed E-state index contributed by atoms with van der Waals surface area (Å²) >= 11 is 0. The molecule has 1 aliphatic heterocycles. The van der Waals surface area contributed by atoms with Crippen LogP contribution in [0.15, 0.2) is 18.2 Å². The van der Waals surface area contributed by atoms with Gasteiger partial charge in [-0.25, -0.2) is 0 Å². The van der Waals surface area contributed by atoms with Crippen molar-refractivity contribution in [3.63, 3.8) is 0 Å². The molecule has 3 heteroatoms. The van der Waals surface area contributed by atoms with Crippen LogP contribution in [0.25, 0.3) is 0 Å². The lowest BCUT2D eigenvalue weighted by atomic mass is 9.93. The molecule has 0 aliphatic carbocycles. The Labute approximate surface area is 122 Å². The molecule has 2 N–H and O–H groups in total. The third-order valence-corrected chi connectivity index (χ3v) is 4.04. The van der Waals surface area contributed by atoms with Crippen LogP contribution >= 0.6 is 0 Å². The van der Waals surface area contributed by atoms with Crippen molar-refractivity contribution in [3.05, 3.63) is 34.9 Å². The number of aryl methyl sites for hydroxylation is 2. The van der Waals surface area contributed by atoms with Crippen molar-refractivity contribution in [1.82, 2.24) is 4.90 Å². The Kier molecular flexibility index (Phi) is 4.81. The lowest BCUT2D eigenvalue weighted by Gasteiger charge is -2.34. The molecule has 1 amide bonds. The van der Waals surface area contributed by atoms with Crippen LogP contribution in [-0.4, -0.2) is 23.4 Å². The Morgan fingerprint density at radius 1 is 1.25 bits per heavy atom. The van der Waals surface area contributed by atoms with Gasteiger partial charge in [-0.3, -0.25) is 4.79 Å². The van der Waals surface area contributed by atoms with E-state index in [1.807, 2.05) is 4.90 Å². The number of hydrogen-bond acceptors (Lipinski definition) is 2. The van der Waals surface area contributed by atoms with E-state index in [2.05, 4.69) is 39.0 Å². The maximum Gasteiger partial charge on any atom is 0.223 e. The Balaban J connectivity index is 2.42. The highest BCUT2D eigenvalue weighted by Gasteiger charge is 2.32. The number of carbonyl (C=O) groups excluding carboxylic acids is 1. The minimum absolute atomic E-state index is 0.0311. The number of likely N-dealkylation sites (tertiary alicyclic amines) is 1. The van der Waals surface area contributed by atoms with E-state index in [1.54, 1.807) is 0 Å². The van der Waals surface area contributed by atoms with Crippen LogP contribution in [0.3, 0.4) is 0 Å². The van der Waals surface area contributed by atoms with Crippen LogP contribution in [0.2, 0.25) is 0 Å². The topological polar surface area (TPSA) is 46.3 Å². The fraction of sp³-hybridized carbons (Fsp3) is 0.588. The number of nitrogens with two attached hydrogens (primary N) is 1. The Hall–Kier alpha value is -1.35. The molecule has 2 atom stereocenters. The largest absolute Gasteiger partial charge is 0.334 e. The summed E-state index contributed by atoms with van der Waals surface area (Å²) in [4.78, 5) is 14.4. The molecular weight excluding hydrogens is 248 g/mol. The van der Waals surface area contributed by atoms with Gasteiger partial charge in [0.1, 0.15) is 0 Å². The summed E-state index contributed by atoms with van der Waals surface area (Å²) in [7, 11) is 0. The second-order valence-corrected chi connectivity index (χ2v) is 6.01. The lowest BCUT2D eigenvalue weighted by molar-refractivity contribution is -0.133. The van der Waals surface area contributed by atoms with Crippen LogP contribution in [0.1, 0.15) is 55.3 Å². The number of rotatable bonds is 3. The predicted molar refractivity (Wildman–Crippen MR) is 82.5 cm³/mol. The summed E-state index contributed by atoms with van der Waals surface area (Å²) in [5.74, 6) is 0.254. The molecule has 1 saturated heterocycles. The summed E-state index contributed by atoms with van der Waals surface area (Å²) in [6.45, 7) is 7.11. The molecule has 1 aromatic carbocycles. The van der Waals surface area contributed by atoms with E-state index in [4.69, 9.17) is 5.73 Å². The van der Waals surface area contributed by atoms with Crippen LogP contribution in [0.4, 0.5) is 0 Å². The minimum atomic E-state index is 0.0311. The van der Waals surface area contributed by atoms with Crippen molar-refractivity contribution < 1.29 is 4.79 Å². The van der Waals surface area contributed by atoms with Gasteiger partial charge in [0.05, 0.1) is 6.04 Å². The average Bonchev–Trinajstić information content (AvgIpc) is 2.49. The molecule has 1 aromatic rings. The van der Waals surface area contributed by atoms with Gasteiger partial charge in [-0.05, 0) is 38.7 Å². The van der Waals surface area contributed by atoms with Gasteiger partial charge < -0.3 is 10.6 Å². The van der Waals surface area contributed by atoms with Gasteiger partial charge in [-0.2, -0.15) is 0 Å². The Morgan fingerprint density at radius 3 is 2.50 bits per heavy atom. The molecule has 1 fully saturated rings. The predicted octanol–water partition coefficient (Wildman–Crippen LogP) is 3.09. The van der Waals surface area contributed by atoms with Crippen molar-refractivity contribution in [1.29, 1.82) is 0 Å². The molecule has 0 bridgehead atoms. The molecule has 0 spiro atoms. The van der Waals surface area contributed by atoms with E-state index in [-0.39, 0.29) is 18.0 Å². The van der Waals surface area contributed by atoms with Crippen molar-refractivity contribution in [2.45, 2.75) is 58.5 Å². The summed E-state index contributed by atoms with van der Waals surface area (Å²) < 4.78 is 0. The van der Waals surface area contributed by atoms with Gasteiger partial charge in [-0.1, -0.05) is 36.2 Å². The average molecular weight is 274 g/mol. The van der Waals surface area contributed by atoms with Gasteiger partial charge >= 0.3 is 0 Å². The summed E-state index contributed by atoms with van der Waals surface area (Å²) in [5, 5.41) is 0. The second-order valence-electron chi connectivity index (χ2n) is 6.01. The molecule has 0 radical (unpaired) electrons. The molecule has 0 aromatic heterocycles. The molecule has 2 unspecified atom stereocenters. The smallest absolute Gasteiger partial charge is 0.223 e. The van der Waals surface area contributed by atoms with Crippen molar-refractivity contribution >= 4 is 5.91 Å². The van der Waals surface area contributed by atoms with Crippen LogP contribution in [-0.2, 0) is 4.79 Å². The highest BCUT2D eigenvalue weighted by molar-refractivity contribution is 5.77.